The number of carboxylic acid groups (broad SMARTS) is 1. The highest BCUT2D eigenvalue weighted by Crippen LogP contribution is 2.34. The second-order valence-corrected chi connectivity index (χ2v) is 8.23. The first-order valence-corrected chi connectivity index (χ1v) is 11.1. The van der Waals surface area contributed by atoms with Crippen LogP contribution in [0.15, 0.2) is 69.9 Å². The number of phenols is 5. The molecule has 3 aromatic carbocycles. The van der Waals surface area contributed by atoms with Crippen LogP contribution in [-0.4, -0.2) is 48.7 Å². The van der Waals surface area contributed by atoms with E-state index in [2.05, 4.69) is 0 Å². The van der Waals surface area contributed by atoms with E-state index in [-0.39, 0.29) is 34.6 Å². The molecule has 0 saturated heterocycles. The van der Waals surface area contributed by atoms with Crippen molar-refractivity contribution in [2.45, 2.75) is 12.5 Å². The van der Waals surface area contributed by atoms with Gasteiger partial charge in [-0.1, -0.05) is 12.1 Å². The average molecular weight is 536 g/mol. The fourth-order valence-electron chi connectivity index (χ4n) is 3.47. The number of rotatable bonds is 8. The Balaban J connectivity index is 1.44. The monoisotopic (exact) mass is 536 g/mol. The van der Waals surface area contributed by atoms with Crippen molar-refractivity contribution in [3.63, 3.8) is 0 Å². The Bertz CT molecular complexity index is 1670. The number of aliphatic carboxylic acids is 1. The van der Waals surface area contributed by atoms with Gasteiger partial charge in [0, 0.05) is 23.9 Å². The first-order chi connectivity index (χ1) is 18.5. The highest BCUT2D eigenvalue weighted by Gasteiger charge is 2.22. The van der Waals surface area contributed by atoms with E-state index < -0.39 is 46.7 Å². The molecule has 4 rings (SSSR count). The van der Waals surface area contributed by atoms with E-state index in [9.17, 15) is 45.0 Å². The predicted molar refractivity (Wildman–Crippen MR) is 134 cm³/mol. The lowest BCUT2D eigenvalue weighted by atomic mass is 10.1. The van der Waals surface area contributed by atoms with Crippen molar-refractivity contribution in [2.24, 2.45) is 0 Å². The summed E-state index contributed by atoms with van der Waals surface area (Å²) in [5.74, 6) is -5.00. The highest BCUT2D eigenvalue weighted by atomic mass is 16.6. The lowest BCUT2D eigenvalue weighted by Crippen LogP contribution is -2.28. The molecule has 12 nitrogen and oxygen atoms in total. The van der Waals surface area contributed by atoms with Crippen molar-refractivity contribution in [1.29, 1.82) is 0 Å². The molecule has 6 N–H and O–H groups in total. The third kappa shape index (κ3) is 6.20. The average Bonchev–Trinajstić information content (AvgIpc) is 2.87. The van der Waals surface area contributed by atoms with Crippen molar-refractivity contribution in [3.05, 3.63) is 82.2 Å². The number of benzene rings is 3. The van der Waals surface area contributed by atoms with Gasteiger partial charge < -0.3 is 44.5 Å². The van der Waals surface area contributed by atoms with Crippen molar-refractivity contribution in [1.82, 2.24) is 0 Å². The Morgan fingerprint density at radius 3 is 2.23 bits per heavy atom. The number of phenolic OH excluding ortho intramolecular Hbond substituents is 5. The van der Waals surface area contributed by atoms with Crippen LogP contribution in [0, 0.1) is 0 Å². The molecule has 39 heavy (non-hydrogen) atoms. The van der Waals surface area contributed by atoms with Crippen LogP contribution >= 0.6 is 0 Å². The van der Waals surface area contributed by atoms with Gasteiger partial charge in [0.15, 0.2) is 34.5 Å². The molecule has 1 atom stereocenters. The van der Waals surface area contributed by atoms with Crippen LogP contribution in [0.4, 0.5) is 0 Å². The molecule has 0 aliphatic rings. The Kier molecular flexibility index (Phi) is 7.29. The van der Waals surface area contributed by atoms with Gasteiger partial charge in [-0.15, -0.1) is 0 Å². The predicted octanol–water partition coefficient (Wildman–Crippen LogP) is 3.37. The molecule has 0 aliphatic carbocycles. The van der Waals surface area contributed by atoms with Gasteiger partial charge >= 0.3 is 17.6 Å². The molecule has 0 bridgehead atoms. The third-order valence-electron chi connectivity index (χ3n) is 5.41. The van der Waals surface area contributed by atoms with Gasteiger partial charge in [0.25, 0.3) is 0 Å². The number of hydrogen-bond donors (Lipinski definition) is 6. The van der Waals surface area contributed by atoms with E-state index in [1.54, 1.807) is 0 Å². The summed E-state index contributed by atoms with van der Waals surface area (Å²) in [7, 11) is 0. The standard InChI is InChI=1S/C27H20O12/c28-16-4-1-14(8-17(16)29)9-23(26(34)35)38-25(33)6-3-13-2-5-21(20(32)7-13)37-24-11-15-10-18(30)19(31)12-22(15)39-27(24)36/h1-8,10-12,23,28-32H,9H2,(H,34,35)/b6-3+/t23-/m1/s1. The van der Waals surface area contributed by atoms with Gasteiger partial charge in [-0.2, -0.15) is 0 Å². The molecule has 0 fully saturated rings. The van der Waals surface area contributed by atoms with E-state index >= 15 is 0 Å². The first-order valence-electron chi connectivity index (χ1n) is 11.1. The summed E-state index contributed by atoms with van der Waals surface area (Å²) in [5.41, 5.74) is -0.289. The molecule has 200 valence electrons. The van der Waals surface area contributed by atoms with Crippen LogP contribution in [0.2, 0.25) is 0 Å². The summed E-state index contributed by atoms with van der Waals surface area (Å²) in [6.07, 6.45) is 0.352. The van der Waals surface area contributed by atoms with E-state index in [0.29, 0.717) is 11.1 Å². The minimum Gasteiger partial charge on any atom is -0.504 e. The largest absolute Gasteiger partial charge is 0.504 e. The van der Waals surface area contributed by atoms with Crippen molar-refractivity contribution < 1.29 is 54.1 Å². The summed E-state index contributed by atoms with van der Waals surface area (Å²) in [4.78, 5) is 35.9. The lowest BCUT2D eigenvalue weighted by Gasteiger charge is -2.13. The maximum Gasteiger partial charge on any atom is 0.379 e. The summed E-state index contributed by atoms with van der Waals surface area (Å²) in [6.45, 7) is 0. The Hall–Kier alpha value is -5.65. The number of hydrogen-bond acceptors (Lipinski definition) is 11. The molecular weight excluding hydrogens is 516 g/mol. The van der Waals surface area contributed by atoms with Gasteiger partial charge in [0.05, 0.1) is 0 Å². The van der Waals surface area contributed by atoms with Gasteiger partial charge in [-0.3, -0.25) is 0 Å². The normalized spacial score (nSPS) is 11.9. The van der Waals surface area contributed by atoms with E-state index in [4.69, 9.17) is 13.9 Å². The van der Waals surface area contributed by atoms with Gasteiger partial charge in [0.2, 0.25) is 11.9 Å². The highest BCUT2D eigenvalue weighted by molar-refractivity contribution is 5.89. The molecule has 0 amide bonds. The van der Waals surface area contributed by atoms with Gasteiger partial charge in [-0.25, -0.2) is 14.4 Å². The fourth-order valence-corrected chi connectivity index (χ4v) is 3.47. The number of aromatic hydroxyl groups is 5. The van der Waals surface area contributed by atoms with E-state index in [1.807, 2.05) is 0 Å². The number of carbonyl (C=O) groups excluding carboxylic acids is 1. The summed E-state index contributed by atoms with van der Waals surface area (Å²) < 4.78 is 15.5. The number of esters is 1. The minimum atomic E-state index is -1.57. The summed E-state index contributed by atoms with van der Waals surface area (Å²) >= 11 is 0. The topological polar surface area (TPSA) is 204 Å². The molecule has 4 aromatic rings. The Morgan fingerprint density at radius 2 is 1.54 bits per heavy atom. The smallest absolute Gasteiger partial charge is 0.379 e. The second kappa shape index (κ2) is 10.8. The molecule has 0 spiro atoms. The molecular formula is C27H20O12. The zero-order chi connectivity index (χ0) is 28.3. The number of fused-ring (bicyclic) bond motifs is 1. The minimum absolute atomic E-state index is 0.00518. The van der Waals surface area contributed by atoms with Crippen molar-refractivity contribution >= 4 is 29.0 Å². The van der Waals surface area contributed by atoms with Gasteiger partial charge in [-0.05, 0) is 53.6 Å². The molecule has 0 unspecified atom stereocenters. The zero-order valence-electron chi connectivity index (χ0n) is 19.8. The third-order valence-corrected chi connectivity index (χ3v) is 5.41. The Labute approximate surface area is 218 Å². The molecule has 12 heteroatoms. The lowest BCUT2D eigenvalue weighted by molar-refractivity contribution is -0.160. The summed E-state index contributed by atoms with van der Waals surface area (Å²) in [5, 5.41) is 58.1. The number of carbonyl (C=O) groups is 2. The summed E-state index contributed by atoms with van der Waals surface area (Å²) in [6, 6.07) is 11.1. The molecule has 0 aliphatic heterocycles. The van der Waals surface area contributed by atoms with E-state index in [0.717, 1.165) is 24.3 Å². The van der Waals surface area contributed by atoms with Crippen molar-refractivity contribution in [2.75, 3.05) is 0 Å². The van der Waals surface area contributed by atoms with Crippen LogP contribution < -0.4 is 10.4 Å². The maximum absolute atomic E-state index is 12.2. The van der Waals surface area contributed by atoms with E-state index in [1.165, 1.54) is 42.5 Å². The van der Waals surface area contributed by atoms with Crippen molar-refractivity contribution in [3.8, 4) is 40.2 Å². The number of carboxylic acids is 1. The zero-order valence-corrected chi connectivity index (χ0v) is 19.8. The van der Waals surface area contributed by atoms with Crippen LogP contribution in [0.5, 0.6) is 40.2 Å². The number of ether oxygens (including phenoxy) is 2. The first kappa shape index (κ1) is 26.4. The second-order valence-electron chi connectivity index (χ2n) is 8.23. The van der Waals surface area contributed by atoms with Crippen LogP contribution in [0.25, 0.3) is 17.0 Å². The maximum atomic E-state index is 12.2. The molecule has 1 aromatic heterocycles. The van der Waals surface area contributed by atoms with Crippen LogP contribution in [0.1, 0.15) is 11.1 Å². The molecule has 1 heterocycles. The van der Waals surface area contributed by atoms with Crippen LogP contribution in [-0.2, 0) is 20.7 Å². The fraction of sp³-hybridized carbons (Fsp3) is 0.0741. The van der Waals surface area contributed by atoms with Gasteiger partial charge in [0.1, 0.15) is 5.58 Å². The molecule has 0 radical (unpaired) electrons. The Morgan fingerprint density at radius 1 is 0.821 bits per heavy atom. The quantitative estimate of drug-likeness (QED) is 0.0830. The van der Waals surface area contributed by atoms with Crippen LogP contribution in [0.3, 0.4) is 0 Å². The SMILES string of the molecule is O=C(/C=C/c1ccc(Oc2cc3cc(O)c(O)cc3oc2=O)c(O)c1)O[C@H](Cc1ccc(O)c(O)c1)C(=O)O. The molecule has 0 saturated carbocycles.